The fraction of sp³-hybridized carbons (Fsp3) is 0.667. The Morgan fingerprint density at radius 2 is 1.85 bits per heavy atom. The van der Waals surface area contributed by atoms with Gasteiger partial charge in [0.05, 0.1) is 32.5 Å². The Morgan fingerprint density at radius 3 is 2.54 bits per heavy atom. The van der Waals surface area contributed by atoms with Crippen LogP contribution in [0.2, 0.25) is 0 Å². The van der Waals surface area contributed by atoms with Gasteiger partial charge in [-0.15, -0.1) is 0 Å². The maximum absolute atomic E-state index is 12.3. The molecule has 0 bridgehead atoms. The van der Waals surface area contributed by atoms with Gasteiger partial charge < -0.3 is 19.3 Å². The monoisotopic (exact) mass is 358 g/mol. The van der Waals surface area contributed by atoms with Gasteiger partial charge in [-0.2, -0.15) is 0 Å². The van der Waals surface area contributed by atoms with Gasteiger partial charge in [0.15, 0.2) is 0 Å². The summed E-state index contributed by atoms with van der Waals surface area (Å²) in [7, 11) is 0. The summed E-state index contributed by atoms with van der Waals surface area (Å²) in [6.07, 6.45) is 0. The molecule has 0 unspecified atom stereocenters. The molecular weight excluding hydrogens is 328 g/mol. The van der Waals surface area contributed by atoms with Gasteiger partial charge in [-0.3, -0.25) is 4.79 Å². The average molecular weight is 358 g/mol. The third-order valence-electron chi connectivity index (χ3n) is 6.25. The summed E-state index contributed by atoms with van der Waals surface area (Å²) in [6, 6.07) is 8.75. The van der Waals surface area contributed by atoms with Gasteiger partial charge in [0, 0.05) is 44.9 Å². The number of fused-ring (bicyclic) bond motifs is 1. The van der Waals surface area contributed by atoms with Crippen molar-refractivity contribution in [2.24, 2.45) is 17.8 Å². The third-order valence-corrected chi connectivity index (χ3v) is 6.25. The van der Waals surface area contributed by atoms with Crippen LogP contribution in [-0.2, 0) is 14.3 Å². The molecule has 3 heterocycles. The normalized spacial score (nSPS) is 30.4. The highest BCUT2D eigenvalue weighted by Gasteiger charge is 2.48. The second-order valence-electron chi connectivity index (χ2n) is 8.13. The summed E-state index contributed by atoms with van der Waals surface area (Å²) in [5, 5.41) is 0. The zero-order chi connectivity index (χ0) is 18.1. The van der Waals surface area contributed by atoms with Crippen LogP contribution < -0.4 is 0 Å². The van der Waals surface area contributed by atoms with Crippen LogP contribution >= 0.6 is 0 Å². The van der Waals surface area contributed by atoms with Crippen LogP contribution in [0, 0.1) is 24.7 Å². The first kappa shape index (κ1) is 18.0. The number of carbonyl (C=O) groups excluding carboxylic acids is 1. The highest BCUT2D eigenvalue weighted by atomic mass is 16.5. The molecule has 1 aromatic carbocycles. The Balaban J connectivity index is 1.49. The van der Waals surface area contributed by atoms with Crippen LogP contribution in [0.15, 0.2) is 24.3 Å². The fourth-order valence-electron chi connectivity index (χ4n) is 5.06. The first-order valence-electron chi connectivity index (χ1n) is 9.84. The molecule has 0 spiro atoms. The van der Waals surface area contributed by atoms with Crippen LogP contribution in [0.25, 0.3) is 0 Å². The summed E-state index contributed by atoms with van der Waals surface area (Å²) < 4.78 is 11.3. The SMILES string of the molecule is CC(=O)N1C[C@H]2CN(CC3COCCOC3)C[C@H]2[C@H]1c1ccccc1C. The third kappa shape index (κ3) is 3.53. The Labute approximate surface area is 156 Å². The largest absolute Gasteiger partial charge is 0.379 e. The number of carbonyl (C=O) groups is 1. The van der Waals surface area contributed by atoms with E-state index in [1.165, 1.54) is 11.1 Å². The van der Waals surface area contributed by atoms with Gasteiger partial charge in [0.2, 0.25) is 5.91 Å². The molecule has 26 heavy (non-hydrogen) atoms. The highest BCUT2D eigenvalue weighted by molar-refractivity contribution is 5.74. The number of rotatable bonds is 3. The van der Waals surface area contributed by atoms with E-state index < -0.39 is 0 Å². The van der Waals surface area contributed by atoms with E-state index in [2.05, 4.69) is 41.0 Å². The van der Waals surface area contributed by atoms with E-state index in [4.69, 9.17) is 9.47 Å². The Bertz CT molecular complexity index is 642. The fourth-order valence-corrected chi connectivity index (χ4v) is 5.06. The van der Waals surface area contributed by atoms with Crippen molar-refractivity contribution in [1.29, 1.82) is 0 Å². The van der Waals surface area contributed by atoms with E-state index in [0.29, 0.717) is 31.0 Å². The first-order chi connectivity index (χ1) is 12.6. The molecule has 142 valence electrons. The lowest BCUT2D eigenvalue weighted by molar-refractivity contribution is -0.130. The van der Waals surface area contributed by atoms with Gasteiger partial charge in [-0.1, -0.05) is 24.3 Å². The van der Waals surface area contributed by atoms with Crippen LogP contribution in [0.1, 0.15) is 24.1 Å². The number of hydrogen-bond acceptors (Lipinski definition) is 4. The van der Waals surface area contributed by atoms with Gasteiger partial charge in [0.1, 0.15) is 0 Å². The van der Waals surface area contributed by atoms with E-state index >= 15 is 0 Å². The van der Waals surface area contributed by atoms with Crippen molar-refractivity contribution < 1.29 is 14.3 Å². The van der Waals surface area contributed by atoms with Gasteiger partial charge in [-0.25, -0.2) is 0 Å². The molecule has 1 amide bonds. The minimum Gasteiger partial charge on any atom is -0.379 e. The van der Waals surface area contributed by atoms with Crippen molar-refractivity contribution in [2.75, 3.05) is 52.6 Å². The Hall–Kier alpha value is -1.43. The Morgan fingerprint density at radius 1 is 1.12 bits per heavy atom. The lowest BCUT2D eigenvalue weighted by atomic mass is 9.87. The number of hydrogen-bond donors (Lipinski definition) is 0. The quantitative estimate of drug-likeness (QED) is 0.830. The van der Waals surface area contributed by atoms with Crippen LogP contribution in [-0.4, -0.2) is 68.3 Å². The van der Waals surface area contributed by atoms with Crippen LogP contribution in [0.5, 0.6) is 0 Å². The zero-order valence-electron chi connectivity index (χ0n) is 15.9. The Kier molecular flexibility index (Phi) is 5.30. The second kappa shape index (κ2) is 7.67. The van der Waals surface area contributed by atoms with Crippen molar-refractivity contribution in [2.45, 2.75) is 19.9 Å². The number of benzene rings is 1. The number of likely N-dealkylation sites (tertiary alicyclic amines) is 2. The molecule has 3 atom stereocenters. The maximum Gasteiger partial charge on any atom is 0.219 e. The maximum atomic E-state index is 12.3. The van der Waals surface area contributed by atoms with E-state index in [1.807, 2.05) is 0 Å². The molecule has 3 saturated heterocycles. The molecule has 0 aliphatic carbocycles. The number of aryl methyl sites for hydroxylation is 1. The number of amides is 1. The minimum absolute atomic E-state index is 0.199. The molecule has 1 aromatic rings. The predicted molar refractivity (Wildman–Crippen MR) is 99.9 cm³/mol. The molecule has 0 radical (unpaired) electrons. The molecular formula is C21H30N2O3. The lowest BCUT2D eigenvalue weighted by Gasteiger charge is -2.31. The smallest absolute Gasteiger partial charge is 0.219 e. The molecule has 3 aliphatic rings. The number of ether oxygens (including phenoxy) is 2. The highest BCUT2D eigenvalue weighted by Crippen LogP contribution is 2.45. The number of nitrogens with zero attached hydrogens (tertiary/aromatic N) is 2. The average Bonchev–Trinajstić information content (AvgIpc) is 3.03. The van der Waals surface area contributed by atoms with Gasteiger partial charge in [0.25, 0.3) is 0 Å². The van der Waals surface area contributed by atoms with Crippen LogP contribution in [0.3, 0.4) is 0 Å². The van der Waals surface area contributed by atoms with E-state index in [-0.39, 0.29) is 11.9 Å². The van der Waals surface area contributed by atoms with Crippen molar-refractivity contribution >= 4 is 5.91 Å². The molecule has 0 N–H and O–H groups in total. The van der Waals surface area contributed by atoms with Crippen molar-refractivity contribution in [3.05, 3.63) is 35.4 Å². The lowest BCUT2D eigenvalue weighted by Crippen LogP contribution is -2.37. The second-order valence-corrected chi connectivity index (χ2v) is 8.13. The minimum atomic E-state index is 0.199. The summed E-state index contributed by atoms with van der Waals surface area (Å²) in [5.74, 6) is 1.74. The van der Waals surface area contributed by atoms with Gasteiger partial charge in [-0.05, 0) is 24.0 Å². The molecule has 5 nitrogen and oxygen atoms in total. The molecule has 0 saturated carbocycles. The summed E-state index contributed by atoms with van der Waals surface area (Å²) in [6.45, 7) is 10.9. The van der Waals surface area contributed by atoms with Crippen LogP contribution in [0.4, 0.5) is 0 Å². The van der Waals surface area contributed by atoms with E-state index in [9.17, 15) is 4.79 Å². The van der Waals surface area contributed by atoms with Crippen molar-refractivity contribution in [3.8, 4) is 0 Å². The zero-order valence-corrected chi connectivity index (χ0v) is 15.9. The molecule has 4 rings (SSSR count). The van der Waals surface area contributed by atoms with Gasteiger partial charge >= 0.3 is 0 Å². The predicted octanol–water partition coefficient (Wildman–Crippen LogP) is 2.11. The topological polar surface area (TPSA) is 42.0 Å². The standard InChI is InChI=1S/C21H30N2O3/c1-15-5-3-4-6-19(15)21-20-12-22(9-17-13-25-7-8-26-14-17)10-18(20)11-23(21)16(2)24/h3-6,17-18,20-21H,7-14H2,1-2H3/t18-,20-,21-/m1/s1. The summed E-state index contributed by atoms with van der Waals surface area (Å²) >= 11 is 0. The van der Waals surface area contributed by atoms with Crippen molar-refractivity contribution in [1.82, 2.24) is 9.80 Å². The molecule has 5 heteroatoms. The molecule has 3 aliphatic heterocycles. The summed E-state index contributed by atoms with van der Waals surface area (Å²) in [5.41, 5.74) is 2.60. The first-order valence-corrected chi connectivity index (χ1v) is 9.84. The van der Waals surface area contributed by atoms with E-state index in [1.54, 1.807) is 6.92 Å². The van der Waals surface area contributed by atoms with Crippen molar-refractivity contribution in [3.63, 3.8) is 0 Å². The summed E-state index contributed by atoms with van der Waals surface area (Å²) in [4.78, 5) is 17.0. The molecule has 3 fully saturated rings. The molecule has 0 aromatic heterocycles. The van der Waals surface area contributed by atoms with E-state index in [0.717, 1.165) is 39.4 Å².